The van der Waals surface area contributed by atoms with Crippen molar-refractivity contribution in [2.45, 2.75) is 19.8 Å². The Morgan fingerprint density at radius 3 is 2.83 bits per heavy atom. The van der Waals surface area contributed by atoms with Crippen LogP contribution in [0.2, 0.25) is 0 Å². The zero-order valence-electron chi connectivity index (χ0n) is 13.1. The van der Waals surface area contributed by atoms with Gasteiger partial charge >= 0.3 is 5.97 Å². The lowest BCUT2D eigenvalue weighted by atomic mass is 10.0. The van der Waals surface area contributed by atoms with Gasteiger partial charge in [0.15, 0.2) is 0 Å². The van der Waals surface area contributed by atoms with E-state index in [1.807, 2.05) is 43.5 Å². The fraction of sp³-hybridized carbons (Fsp3) is 0.222. The summed E-state index contributed by atoms with van der Waals surface area (Å²) in [6.45, 7) is 1.94. The van der Waals surface area contributed by atoms with Crippen LogP contribution in [0.25, 0.3) is 11.6 Å². The number of nitrogens with one attached hydrogen (secondary N) is 1. The molecule has 0 radical (unpaired) electrons. The van der Waals surface area contributed by atoms with E-state index >= 15 is 0 Å². The Kier molecular flexibility index (Phi) is 3.78. The van der Waals surface area contributed by atoms with Gasteiger partial charge in [0.1, 0.15) is 0 Å². The van der Waals surface area contributed by atoms with Crippen LogP contribution in [0.15, 0.2) is 30.5 Å². The lowest BCUT2D eigenvalue weighted by Gasteiger charge is -2.08. The predicted octanol–water partition coefficient (Wildman–Crippen LogP) is 2.86. The molecule has 2 heterocycles. The smallest absolute Gasteiger partial charge is 0.303 e. The molecule has 5 heteroatoms. The average molecular weight is 310 g/mol. The number of rotatable bonds is 4. The van der Waals surface area contributed by atoms with E-state index in [1.54, 1.807) is 11.9 Å². The van der Waals surface area contributed by atoms with Crippen LogP contribution < -0.4 is 4.90 Å². The first-order chi connectivity index (χ1) is 11.0. The summed E-state index contributed by atoms with van der Waals surface area (Å²) in [4.78, 5) is 28.1. The molecule has 0 atom stereocenters. The SMILES string of the molecule is Cc1c[nH]c(/C=C2\C(=O)N(C)c3ccccc32)c1CCC(=O)O. The van der Waals surface area contributed by atoms with Crippen LogP contribution in [0.5, 0.6) is 0 Å². The number of nitrogens with zero attached hydrogens (tertiary/aromatic N) is 1. The maximum atomic E-state index is 12.5. The van der Waals surface area contributed by atoms with Gasteiger partial charge in [0.05, 0.1) is 11.3 Å². The van der Waals surface area contributed by atoms with Gasteiger partial charge in [-0.05, 0) is 36.6 Å². The number of benzene rings is 1. The van der Waals surface area contributed by atoms with Crippen LogP contribution in [0.1, 0.15) is 28.8 Å². The van der Waals surface area contributed by atoms with Gasteiger partial charge in [0.25, 0.3) is 5.91 Å². The first-order valence-electron chi connectivity index (χ1n) is 7.47. The molecule has 0 aliphatic carbocycles. The number of carbonyl (C=O) groups excluding carboxylic acids is 1. The van der Waals surface area contributed by atoms with E-state index in [1.165, 1.54) is 0 Å². The Morgan fingerprint density at radius 2 is 2.09 bits per heavy atom. The third-order valence-electron chi connectivity index (χ3n) is 4.21. The van der Waals surface area contributed by atoms with Gasteiger partial charge in [-0.3, -0.25) is 9.59 Å². The minimum Gasteiger partial charge on any atom is -0.481 e. The normalized spacial score (nSPS) is 15.3. The molecule has 5 nitrogen and oxygen atoms in total. The molecule has 0 bridgehead atoms. The van der Waals surface area contributed by atoms with Crippen molar-refractivity contribution >= 4 is 29.2 Å². The van der Waals surface area contributed by atoms with E-state index in [-0.39, 0.29) is 12.3 Å². The summed E-state index contributed by atoms with van der Waals surface area (Å²) in [5.41, 5.74) is 5.17. The van der Waals surface area contributed by atoms with Crippen molar-refractivity contribution in [2.24, 2.45) is 0 Å². The Morgan fingerprint density at radius 1 is 1.35 bits per heavy atom. The zero-order chi connectivity index (χ0) is 16.6. The molecule has 1 aliphatic rings. The number of fused-ring (bicyclic) bond motifs is 1. The molecule has 0 unspecified atom stereocenters. The summed E-state index contributed by atoms with van der Waals surface area (Å²) in [6.07, 6.45) is 4.18. The standard InChI is InChI=1S/C18H18N2O3/c1-11-10-19-15(12(11)7-8-17(21)22)9-14-13-5-3-4-6-16(13)20(2)18(14)23/h3-6,9-10,19H,7-8H2,1-2H3,(H,21,22)/b14-9-. The number of para-hydroxylation sites is 1. The van der Waals surface area contributed by atoms with Crippen LogP contribution in [-0.2, 0) is 16.0 Å². The number of aryl methyl sites for hydroxylation is 1. The van der Waals surface area contributed by atoms with Crippen molar-refractivity contribution in [1.82, 2.24) is 4.98 Å². The predicted molar refractivity (Wildman–Crippen MR) is 89.2 cm³/mol. The second-order valence-corrected chi connectivity index (χ2v) is 5.70. The third-order valence-corrected chi connectivity index (χ3v) is 4.21. The van der Waals surface area contributed by atoms with Crippen molar-refractivity contribution in [2.75, 3.05) is 11.9 Å². The van der Waals surface area contributed by atoms with Crippen molar-refractivity contribution in [3.05, 3.63) is 52.8 Å². The van der Waals surface area contributed by atoms with Gasteiger partial charge < -0.3 is 15.0 Å². The monoisotopic (exact) mass is 310 g/mol. The highest BCUT2D eigenvalue weighted by atomic mass is 16.4. The number of carboxylic acids is 1. The number of hydrogen-bond donors (Lipinski definition) is 2. The molecule has 0 saturated heterocycles. The molecule has 1 aromatic carbocycles. The molecule has 0 saturated carbocycles. The highest BCUT2D eigenvalue weighted by molar-refractivity contribution is 6.35. The molecule has 0 fully saturated rings. The first-order valence-corrected chi connectivity index (χ1v) is 7.47. The Bertz CT molecular complexity index is 817. The van der Waals surface area contributed by atoms with Crippen LogP contribution in [0, 0.1) is 6.92 Å². The molecule has 2 N–H and O–H groups in total. The van der Waals surface area contributed by atoms with E-state index in [2.05, 4.69) is 4.98 Å². The van der Waals surface area contributed by atoms with Gasteiger partial charge in [-0.15, -0.1) is 0 Å². The number of likely N-dealkylation sites (N-methyl/N-ethyl adjacent to an activating group) is 1. The van der Waals surface area contributed by atoms with Crippen molar-refractivity contribution in [3.63, 3.8) is 0 Å². The number of aromatic nitrogens is 1. The maximum absolute atomic E-state index is 12.5. The fourth-order valence-electron chi connectivity index (χ4n) is 2.95. The summed E-state index contributed by atoms with van der Waals surface area (Å²) < 4.78 is 0. The van der Waals surface area contributed by atoms with E-state index in [0.717, 1.165) is 28.1 Å². The van der Waals surface area contributed by atoms with Crippen LogP contribution in [0.4, 0.5) is 5.69 Å². The van der Waals surface area contributed by atoms with Crippen molar-refractivity contribution in [1.29, 1.82) is 0 Å². The summed E-state index contributed by atoms with van der Waals surface area (Å²) >= 11 is 0. The number of aromatic amines is 1. The molecule has 1 aromatic heterocycles. The maximum Gasteiger partial charge on any atom is 0.303 e. The van der Waals surface area contributed by atoms with Crippen LogP contribution >= 0.6 is 0 Å². The molecule has 0 spiro atoms. The van der Waals surface area contributed by atoms with Crippen molar-refractivity contribution < 1.29 is 14.7 Å². The fourth-order valence-corrected chi connectivity index (χ4v) is 2.95. The summed E-state index contributed by atoms with van der Waals surface area (Å²) in [5, 5.41) is 8.90. The topological polar surface area (TPSA) is 73.4 Å². The van der Waals surface area contributed by atoms with Gasteiger partial charge in [-0.2, -0.15) is 0 Å². The molecule has 1 amide bonds. The highest BCUT2D eigenvalue weighted by Crippen LogP contribution is 2.36. The van der Waals surface area contributed by atoms with E-state index in [4.69, 9.17) is 5.11 Å². The van der Waals surface area contributed by atoms with Gasteiger partial charge in [0.2, 0.25) is 0 Å². The highest BCUT2D eigenvalue weighted by Gasteiger charge is 2.29. The largest absolute Gasteiger partial charge is 0.481 e. The molecular formula is C18H18N2O3. The number of anilines is 1. The van der Waals surface area contributed by atoms with E-state index < -0.39 is 5.97 Å². The van der Waals surface area contributed by atoms with Crippen molar-refractivity contribution in [3.8, 4) is 0 Å². The number of carbonyl (C=O) groups is 2. The number of H-pyrrole nitrogens is 1. The minimum atomic E-state index is -0.828. The molecular weight excluding hydrogens is 292 g/mol. The Balaban J connectivity index is 2.03. The zero-order valence-corrected chi connectivity index (χ0v) is 13.1. The summed E-state index contributed by atoms with van der Waals surface area (Å²) in [6, 6.07) is 7.65. The minimum absolute atomic E-state index is 0.0531. The second-order valence-electron chi connectivity index (χ2n) is 5.70. The molecule has 23 heavy (non-hydrogen) atoms. The summed E-state index contributed by atoms with van der Waals surface area (Å²) in [7, 11) is 1.76. The van der Waals surface area contributed by atoms with Gasteiger partial charge in [-0.25, -0.2) is 0 Å². The lowest BCUT2D eigenvalue weighted by Crippen LogP contribution is -2.20. The number of hydrogen-bond acceptors (Lipinski definition) is 2. The van der Waals surface area contributed by atoms with Gasteiger partial charge in [0, 0.05) is 30.9 Å². The molecule has 2 aromatic rings. The quantitative estimate of drug-likeness (QED) is 0.853. The first kappa shape index (κ1) is 15.1. The second kappa shape index (κ2) is 5.76. The van der Waals surface area contributed by atoms with E-state index in [9.17, 15) is 9.59 Å². The molecule has 118 valence electrons. The third kappa shape index (κ3) is 2.65. The lowest BCUT2D eigenvalue weighted by molar-refractivity contribution is -0.137. The Hall–Kier alpha value is -2.82. The van der Waals surface area contributed by atoms with Crippen LogP contribution in [-0.4, -0.2) is 29.0 Å². The van der Waals surface area contributed by atoms with E-state index in [0.29, 0.717) is 12.0 Å². The number of amides is 1. The number of carboxylic acid groups (broad SMARTS) is 1. The molecule has 1 aliphatic heterocycles. The number of aliphatic carboxylic acids is 1. The summed E-state index contributed by atoms with van der Waals surface area (Å²) in [5.74, 6) is -0.881. The Labute approximate surface area is 134 Å². The van der Waals surface area contributed by atoms with Gasteiger partial charge in [-0.1, -0.05) is 18.2 Å². The average Bonchev–Trinajstić information content (AvgIpc) is 2.99. The van der Waals surface area contributed by atoms with Crippen LogP contribution in [0.3, 0.4) is 0 Å². The molecule has 3 rings (SSSR count).